The predicted molar refractivity (Wildman–Crippen MR) is 81.4 cm³/mol. The van der Waals surface area contributed by atoms with E-state index in [-0.39, 0.29) is 0 Å². The standard InChI is InChI=1S/C14H24BrN3/c1-3-18(4-2)10-9-14(17-16)11-12-5-7-13(15)8-6-12/h5-8,14,17H,3-4,9-11,16H2,1-2H3. The molecule has 0 bridgehead atoms. The van der Waals surface area contributed by atoms with Crippen LogP contribution in [0.3, 0.4) is 0 Å². The van der Waals surface area contributed by atoms with Crippen molar-refractivity contribution in [1.82, 2.24) is 10.3 Å². The minimum Gasteiger partial charge on any atom is -0.304 e. The summed E-state index contributed by atoms with van der Waals surface area (Å²) in [5, 5.41) is 0. The molecule has 3 nitrogen and oxygen atoms in total. The third-order valence-electron chi connectivity index (χ3n) is 3.32. The molecule has 102 valence electrons. The molecule has 0 spiro atoms. The second kappa shape index (κ2) is 8.64. The van der Waals surface area contributed by atoms with E-state index in [2.05, 4.69) is 64.4 Å². The summed E-state index contributed by atoms with van der Waals surface area (Å²) in [4.78, 5) is 2.42. The van der Waals surface area contributed by atoms with Gasteiger partial charge in [0, 0.05) is 10.5 Å². The number of nitrogens with two attached hydrogens (primary N) is 1. The fourth-order valence-corrected chi connectivity index (χ4v) is 2.29. The quantitative estimate of drug-likeness (QED) is 0.572. The Labute approximate surface area is 119 Å². The van der Waals surface area contributed by atoms with Crippen molar-refractivity contribution in [2.75, 3.05) is 19.6 Å². The Morgan fingerprint density at radius 3 is 2.33 bits per heavy atom. The fourth-order valence-electron chi connectivity index (χ4n) is 2.03. The highest BCUT2D eigenvalue weighted by atomic mass is 79.9. The molecule has 18 heavy (non-hydrogen) atoms. The van der Waals surface area contributed by atoms with E-state index in [1.54, 1.807) is 0 Å². The van der Waals surface area contributed by atoms with Crippen LogP contribution in [0.2, 0.25) is 0 Å². The first kappa shape index (κ1) is 15.6. The van der Waals surface area contributed by atoms with Gasteiger partial charge in [-0.2, -0.15) is 0 Å². The lowest BCUT2D eigenvalue weighted by Gasteiger charge is -2.22. The number of nitrogens with zero attached hydrogens (tertiary/aromatic N) is 1. The zero-order valence-corrected chi connectivity index (χ0v) is 12.9. The smallest absolute Gasteiger partial charge is 0.0263 e. The molecule has 1 aromatic carbocycles. The molecule has 0 aliphatic carbocycles. The lowest BCUT2D eigenvalue weighted by Crippen LogP contribution is -2.39. The van der Waals surface area contributed by atoms with Gasteiger partial charge < -0.3 is 4.90 Å². The van der Waals surface area contributed by atoms with Gasteiger partial charge in [0.15, 0.2) is 0 Å². The number of hydrazine groups is 1. The minimum absolute atomic E-state index is 0.340. The molecule has 0 aromatic heterocycles. The normalized spacial score (nSPS) is 12.9. The van der Waals surface area contributed by atoms with Crippen LogP contribution in [0.1, 0.15) is 25.8 Å². The largest absolute Gasteiger partial charge is 0.304 e. The van der Waals surface area contributed by atoms with Gasteiger partial charge in [0.25, 0.3) is 0 Å². The van der Waals surface area contributed by atoms with Gasteiger partial charge in [-0.25, -0.2) is 0 Å². The third-order valence-corrected chi connectivity index (χ3v) is 3.85. The molecule has 0 saturated heterocycles. The van der Waals surface area contributed by atoms with E-state index in [0.717, 1.165) is 36.9 Å². The lowest BCUT2D eigenvalue weighted by atomic mass is 10.0. The Kier molecular flexibility index (Phi) is 7.51. The Morgan fingerprint density at radius 2 is 1.83 bits per heavy atom. The number of hydrogen-bond donors (Lipinski definition) is 2. The van der Waals surface area contributed by atoms with Crippen molar-refractivity contribution in [3.8, 4) is 0 Å². The van der Waals surface area contributed by atoms with Gasteiger partial charge in [0.1, 0.15) is 0 Å². The van der Waals surface area contributed by atoms with Gasteiger partial charge >= 0.3 is 0 Å². The van der Waals surface area contributed by atoms with Crippen LogP contribution < -0.4 is 11.3 Å². The van der Waals surface area contributed by atoms with Crippen molar-refractivity contribution in [1.29, 1.82) is 0 Å². The van der Waals surface area contributed by atoms with Crippen LogP contribution in [0.15, 0.2) is 28.7 Å². The van der Waals surface area contributed by atoms with E-state index >= 15 is 0 Å². The topological polar surface area (TPSA) is 41.3 Å². The molecule has 1 aromatic rings. The summed E-state index contributed by atoms with van der Waals surface area (Å²) < 4.78 is 1.12. The molecule has 1 atom stereocenters. The Hall–Kier alpha value is -0.420. The number of hydrogen-bond acceptors (Lipinski definition) is 3. The van der Waals surface area contributed by atoms with E-state index in [0.29, 0.717) is 6.04 Å². The van der Waals surface area contributed by atoms with Gasteiger partial charge in [-0.15, -0.1) is 0 Å². The maximum absolute atomic E-state index is 5.64. The van der Waals surface area contributed by atoms with Gasteiger partial charge in [-0.05, 0) is 50.2 Å². The molecular weight excluding hydrogens is 290 g/mol. The molecule has 0 aliphatic heterocycles. The maximum atomic E-state index is 5.64. The molecular formula is C14H24BrN3. The minimum atomic E-state index is 0.340. The van der Waals surface area contributed by atoms with E-state index in [9.17, 15) is 0 Å². The summed E-state index contributed by atoms with van der Waals surface area (Å²) in [6.07, 6.45) is 2.05. The fraction of sp³-hybridized carbons (Fsp3) is 0.571. The first-order valence-corrected chi connectivity index (χ1v) is 7.41. The van der Waals surface area contributed by atoms with E-state index < -0.39 is 0 Å². The van der Waals surface area contributed by atoms with Crippen molar-refractivity contribution in [3.05, 3.63) is 34.3 Å². The summed E-state index contributed by atoms with van der Waals surface area (Å²) in [6.45, 7) is 7.70. The van der Waals surface area contributed by atoms with Gasteiger partial charge in [-0.1, -0.05) is 41.9 Å². The number of halogens is 1. The number of nitrogens with one attached hydrogen (secondary N) is 1. The Morgan fingerprint density at radius 1 is 1.22 bits per heavy atom. The number of rotatable bonds is 8. The molecule has 1 unspecified atom stereocenters. The van der Waals surface area contributed by atoms with Gasteiger partial charge in [-0.3, -0.25) is 11.3 Å². The zero-order valence-electron chi connectivity index (χ0n) is 11.3. The molecule has 3 N–H and O–H groups in total. The van der Waals surface area contributed by atoms with Crippen molar-refractivity contribution in [2.45, 2.75) is 32.7 Å². The molecule has 0 saturated carbocycles. The van der Waals surface area contributed by atoms with Crippen molar-refractivity contribution in [3.63, 3.8) is 0 Å². The molecule has 0 aliphatic rings. The van der Waals surface area contributed by atoms with Crippen molar-refractivity contribution < 1.29 is 0 Å². The summed E-state index contributed by atoms with van der Waals surface area (Å²) in [7, 11) is 0. The van der Waals surface area contributed by atoms with Crippen LogP contribution in [-0.4, -0.2) is 30.6 Å². The average Bonchev–Trinajstić information content (AvgIpc) is 2.40. The van der Waals surface area contributed by atoms with Crippen LogP contribution in [0.4, 0.5) is 0 Å². The molecule has 4 heteroatoms. The zero-order chi connectivity index (χ0) is 13.4. The lowest BCUT2D eigenvalue weighted by molar-refractivity contribution is 0.281. The molecule has 0 heterocycles. The number of benzene rings is 1. The summed E-state index contributed by atoms with van der Waals surface area (Å²) in [6, 6.07) is 8.78. The summed E-state index contributed by atoms with van der Waals surface area (Å²) in [5.41, 5.74) is 4.25. The van der Waals surface area contributed by atoms with Gasteiger partial charge in [0.05, 0.1) is 0 Å². The monoisotopic (exact) mass is 313 g/mol. The second-order valence-electron chi connectivity index (χ2n) is 4.51. The Balaban J connectivity index is 2.44. The Bertz CT molecular complexity index is 322. The first-order valence-electron chi connectivity index (χ1n) is 6.62. The van der Waals surface area contributed by atoms with Crippen LogP contribution in [0, 0.1) is 0 Å². The van der Waals surface area contributed by atoms with Crippen LogP contribution in [0.5, 0.6) is 0 Å². The highest BCUT2D eigenvalue weighted by Crippen LogP contribution is 2.12. The van der Waals surface area contributed by atoms with E-state index in [1.165, 1.54) is 5.56 Å². The molecule has 0 amide bonds. The van der Waals surface area contributed by atoms with Gasteiger partial charge in [0.2, 0.25) is 0 Å². The predicted octanol–water partition coefficient (Wildman–Crippen LogP) is 2.56. The van der Waals surface area contributed by atoms with Crippen LogP contribution >= 0.6 is 15.9 Å². The van der Waals surface area contributed by atoms with Crippen LogP contribution in [-0.2, 0) is 6.42 Å². The van der Waals surface area contributed by atoms with Crippen LogP contribution in [0.25, 0.3) is 0 Å². The maximum Gasteiger partial charge on any atom is 0.0263 e. The molecule has 0 radical (unpaired) electrons. The molecule has 1 rings (SSSR count). The second-order valence-corrected chi connectivity index (χ2v) is 5.43. The third kappa shape index (κ3) is 5.48. The highest BCUT2D eigenvalue weighted by Gasteiger charge is 2.09. The average molecular weight is 314 g/mol. The summed E-state index contributed by atoms with van der Waals surface area (Å²) in [5.74, 6) is 5.64. The SMILES string of the molecule is CCN(CC)CCC(Cc1ccc(Br)cc1)NN. The summed E-state index contributed by atoms with van der Waals surface area (Å²) >= 11 is 3.45. The van der Waals surface area contributed by atoms with Crippen molar-refractivity contribution >= 4 is 15.9 Å². The first-order chi connectivity index (χ1) is 8.69. The van der Waals surface area contributed by atoms with E-state index in [4.69, 9.17) is 5.84 Å². The van der Waals surface area contributed by atoms with E-state index in [1.807, 2.05) is 0 Å². The molecule has 0 fully saturated rings. The van der Waals surface area contributed by atoms with Crippen molar-refractivity contribution in [2.24, 2.45) is 5.84 Å². The highest BCUT2D eigenvalue weighted by molar-refractivity contribution is 9.10.